The minimum atomic E-state index is -2.08. The molecule has 1 aliphatic rings. The number of methoxy groups -OCH3 is 2. The summed E-state index contributed by atoms with van der Waals surface area (Å²) >= 11 is 0. The number of carbonyl (C=O) groups is 2. The van der Waals surface area contributed by atoms with Crippen LogP contribution in [-0.4, -0.2) is 31.9 Å². The molecular weight excluding hydrogens is 635 g/mol. The van der Waals surface area contributed by atoms with Crippen molar-refractivity contribution in [2.24, 2.45) is 0 Å². The van der Waals surface area contributed by atoms with Gasteiger partial charge in [-0.1, -0.05) is 25.7 Å². The Bertz CT molecular complexity index is 1410. The molecule has 0 spiro atoms. The fourth-order valence-electron chi connectivity index (χ4n) is 7.76. The molecule has 0 aromatic heterocycles. The number of allylic oxidation sites excluding steroid dienone is 2. The molecule has 270 valence electrons. The molecule has 4 nitrogen and oxygen atoms in total. The van der Waals surface area contributed by atoms with Crippen LogP contribution in [0.3, 0.4) is 0 Å². The fourth-order valence-corrected chi connectivity index (χ4v) is 12.7. The van der Waals surface area contributed by atoms with Crippen molar-refractivity contribution in [3.8, 4) is 0 Å². The largest absolute Gasteiger partial charge is 0.285 e. The third-order valence-electron chi connectivity index (χ3n) is 10.6. The van der Waals surface area contributed by atoms with E-state index >= 15 is 0 Å². The van der Waals surface area contributed by atoms with Gasteiger partial charge < -0.3 is 9.47 Å². The van der Waals surface area contributed by atoms with Crippen molar-refractivity contribution >= 4 is 34.7 Å². The van der Waals surface area contributed by atoms with Crippen molar-refractivity contribution < 1.29 is 19.1 Å². The molecule has 0 bridgehead atoms. The number of ketones is 2. The van der Waals surface area contributed by atoms with Gasteiger partial charge in [-0.05, 0) is 19.8 Å². The SMILES string of the molecule is COC1=C(OC)C(=O)C(CCCCCCCCCCCCCCCCCC[PH](c2ccccc2)(c2ccccc2)c2ccccc2)=C(C)C1=O. The molecule has 1 aliphatic carbocycles. The zero-order valence-corrected chi connectivity index (χ0v) is 32.0. The summed E-state index contributed by atoms with van der Waals surface area (Å²) in [6.07, 6.45) is 22.4. The van der Waals surface area contributed by atoms with E-state index in [9.17, 15) is 9.59 Å². The number of benzene rings is 3. The molecule has 5 heteroatoms. The summed E-state index contributed by atoms with van der Waals surface area (Å²) in [4.78, 5) is 25.3. The Balaban J connectivity index is 1.03. The Labute approximate surface area is 303 Å². The van der Waals surface area contributed by atoms with Crippen LogP contribution in [-0.2, 0) is 19.1 Å². The first-order chi connectivity index (χ1) is 24.5. The number of ether oxygens (including phenoxy) is 2. The molecule has 0 saturated carbocycles. The summed E-state index contributed by atoms with van der Waals surface area (Å²) in [5, 5.41) is 4.57. The van der Waals surface area contributed by atoms with E-state index in [2.05, 4.69) is 91.0 Å². The van der Waals surface area contributed by atoms with E-state index in [4.69, 9.17) is 9.47 Å². The van der Waals surface area contributed by atoms with Gasteiger partial charge in [0.15, 0.2) is 0 Å². The Morgan fingerprint density at radius 2 is 0.760 bits per heavy atom. The van der Waals surface area contributed by atoms with Crippen molar-refractivity contribution in [2.45, 2.75) is 116 Å². The number of hydrogen-bond acceptors (Lipinski definition) is 4. The molecule has 0 N–H and O–H groups in total. The molecular formula is C45H61O4P. The zero-order chi connectivity index (χ0) is 35.4. The number of carbonyl (C=O) groups excluding carboxylic acids is 2. The molecule has 0 saturated heterocycles. The number of rotatable bonds is 24. The van der Waals surface area contributed by atoms with Crippen LogP contribution in [0.15, 0.2) is 114 Å². The maximum absolute atomic E-state index is 12.8. The van der Waals surface area contributed by atoms with Gasteiger partial charge in [0.2, 0.25) is 23.1 Å². The summed E-state index contributed by atoms with van der Waals surface area (Å²) in [5.74, 6) is -0.374. The molecule has 0 heterocycles. The van der Waals surface area contributed by atoms with Crippen LogP contribution in [0.5, 0.6) is 0 Å². The molecule has 0 atom stereocenters. The van der Waals surface area contributed by atoms with Crippen LogP contribution in [0, 0.1) is 0 Å². The van der Waals surface area contributed by atoms with E-state index in [1.807, 2.05) is 0 Å². The van der Waals surface area contributed by atoms with Gasteiger partial charge in [-0.2, -0.15) is 0 Å². The van der Waals surface area contributed by atoms with Crippen molar-refractivity contribution in [1.29, 1.82) is 0 Å². The molecule has 0 aliphatic heterocycles. The third-order valence-corrected chi connectivity index (χ3v) is 15.7. The molecule has 50 heavy (non-hydrogen) atoms. The Morgan fingerprint density at radius 1 is 0.440 bits per heavy atom. The molecule has 0 amide bonds. The maximum atomic E-state index is 12.8. The maximum Gasteiger partial charge on any atom is 0.227 e. The summed E-state index contributed by atoms with van der Waals surface area (Å²) in [6, 6.07) is 34.0. The normalized spacial score (nSPS) is 14.0. The third kappa shape index (κ3) is 10.8. The van der Waals surface area contributed by atoms with Crippen molar-refractivity contribution in [1.82, 2.24) is 0 Å². The second-order valence-corrected chi connectivity index (χ2v) is 18.0. The van der Waals surface area contributed by atoms with Gasteiger partial charge in [0.1, 0.15) is 0 Å². The first-order valence-electron chi connectivity index (χ1n) is 19.3. The summed E-state index contributed by atoms with van der Waals surface area (Å²) in [7, 11) is 0.730. The van der Waals surface area contributed by atoms with Gasteiger partial charge in [0, 0.05) is 11.1 Å². The standard InChI is InChI=1S/C45H61O4P/c1-37-41(43(47)45(49-3)44(48-2)42(37)46)35-27-16-14-12-10-8-6-4-5-7-9-11-13-15-17-28-36-50(38-29-21-18-22-30-38,39-31-23-19-24-32-39)40-33-25-20-26-34-40/h18-26,29-34,50H,4-17,27-28,35-36H2,1-3H3. The molecule has 3 aromatic carbocycles. The van der Waals surface area contributed by atoms with Crippen molar-refractivity contribution in [2.75, 3.05) is 20.4 Å². The van der Waals surface area contributed by atoms with Crippen molar-refractivity contribution in [3.63, 3.8) is 0 Å². The van der Waals surface area contributed by atoms with Crippen LogP contribution < -0.4 is 15.9 Å². The van der Waals surface area contributed by atoms with E-state index in [0.29, 0.717) is 17.6 Å². The predicted octanol–water partition coefficient (Wildman–Crippen LogP) is 10.3. The van der Waals surface area contributed by atoms with Gasteiger partial charge in [0.05, 0.1) is 14.2 Å². The second kappa shape index (κ2) is 21.7. The predicted molar refractivity (Wildman–Crippen MR) is 214 cm³/mol. The fraction of sp³-hybridized carbons (Fsp3) is 0.467. The monoisotopic (exact) mass is 696 g/mol. The van der Waals surface area contributed by atoms with E-state index in [1.165, 1.54) is 126 Å². The van der Waals surface area contributed by atoms with Gasteiger partial charge in [0.25, 0.3) is 0 Å². The Kier molecular flexibility index (Phi) is 17.0. The summed E-state index contributed by atoms with van der Waals surface area (Å²) < 4.78 is 10.3. The number of Topliss-reactive ketones (excluding diaryl/α,β-unsaturated/α-hetero) is 2. The minimum Gasteiger partial charge on any atom is -0.285 e. The van der Waals surface area contributed by atoms with E-state index < -0.39 is 7.26 Å². The molecule has 3 aromatic rings. The van der Waals surface area contributed by atoms with Gasteiger partial charge >= 0.3 is 191 Å². The van der Waals surface area contributed by atoms with Gasteiger partial charge in [-0.15, -0.1) is 0 Å². The Hall–Kier alpha value is -3.49. The second-order valence-electron chi connectivity index (χ2n) is 14.0. The van der Waals surface area contributed by atoms with Crippen LogP contribution in [0.25, 0.3) is 0 Å². The average molecular weight is 697 g/mol. The molecule has 0 radical (unpaired) electrons. The first-order valence-corrected chi connectivity index (χ1v) is 21.5. The van der Waals surface area contributed by atoms with Crippen molar-refractivity contribution in [3.05, 3.63) is 114 Å². The summed E-state index contributed by atoms with van der Waals surface area (Å²) in [6.45, 7) is 1.72. The average Bonchev–Trinajstić information content (AvgIpc) is 3.16. The van der Waals surface area contributed by atoms with E-state index in [0.717, 1.165) is 12.8 Å². The van der Waals surface area contributed by atoms with Gasteiger partial charge in [-0.25, -0.2) is 0 Å². The summed E-state index contributed by atoms with van der Waals surface area (Å²) in [5.41, 5.74) is 1.08. The Morgan fingerprint density at radius 3 is 1.12 bits per heavy atom. The molecule has 4 rings (SSSR count). The zero-order valence-electron chi connectivity index (χ0n) is 31.0. The first kappa shape index (κ1) is 39.3. The van der Waals surface area contributed by atoms with Crippen LogP contribution in [0.4, 0.5) is 0 Å². The smallest absolute Gasteiger partial charge is 0.227 e. The van der Waals surface area contributed by atoms with Gasteiger partial charge in [-0.3, -0.25) is 9.59 Å². The van der Waals surface area contributed by atoms with Crippen LogP contribution in [0.2, 0.25) is 0 Å². The number of unbranched alkanes of at least 4 members (excludes halogenated alkanes) is 15. The topological polar surface area (TPSA) is 52.6 Å². The van der Waals surface area contributed by atoms with E-state index in [-0.39, 0.29) is 23.1 Å². The van der Waals surface area contributed by atoms with Crippen LogP contribution >= 0.6 is 7.26 Å². The molecule has 0 fully saturated rings. The number of hydrogen-bond donors (Lipinski definition) is 0. The van der Waals surface area contributed by atoms with Crippen LogP contribution in [0.1, 0.15) is 116 Å². The molecule has 0 unspecified atom stereocenters. The quantitative estimate of drug-likeness (QED) is 0.0532. The minimum absolute atomic E-state index is 0.0238. The van der Waals surface area contributed by atoms with E-state index in [1.54, 1.807) is 6.92 Å².